The summed E-state index contributed by atoms with van der Waals surface area (Å²) < 4.78 is 5.98. The van der Waals surface area contributed by atoms with E-state index in [4.69, 9.17) is 4.74 Å². The van der Waals surface area contributed by atoms with E-state index in [0.29, 0.717) is 15.9 Å². The lowest BCUT2D eigenvalue weighted by Gasteiger charge is -2.09. The molecule has 0 spiro atoms. The fraction of sp³-hybridized carbons (Fsp3) is 0.154. The number of aliphatic hydroxyl groups is 1. The largest absolute Gasteiger partial charge is 0.447 e. The molecule has 0 saturated heterocycles. The smallest absolute Gasteiger partial charge is 0.312 e. The number of nitro benzene ring substituents is 1. The molecule has 0 unspecified atom stereocenters. The second-order valence-corrected chi connectivity index (χ2v) is 4.90. The number of halogens is 1. The van der Waals surface area contributed by atoms with E-state index in [1.807, 2.05) is 0 Å². The maximum absolute atomic E-state index is 11.0. The molecular formula is C13H11BrN2O4. The van der Waals surface area contributed by atoms with Gasteiger partial charge in [0.25, 0.3) is 0 Å². The number of ether oxygens (including phenoxy) is 1. The lowest BCUT2D eigenvalue weighted by molar-refractivity contribution is -0.385. The third-order valence-corrected chi connectivity index (χ3v) is 3.17. The Bertz CT molecular complexity index is 629. The van der Waals surface area contributed by atoms with E-state index in [9.17, 15) is 15.2 Å². The van der Waals surface area contributed by atoms with E-state index >= 15 is 0 Å². The van der Waals surface area contributed by atoms with Crippen LogP contribution in [0, 0.1) is 10.1 Å². The van der Waals surface area contributed by atoms with Crippen molar-refractivity contribution in [2.45, 2.75) is 13.0 Å². The molecule has 1 N–H and O–H groups in total. The Morgan fingerprint density at radius 2 is 2.15 bits per heavy atom. The molecule has 1 aromatic heterocycles. The monoisotopic (exact) mass is 338 g/mol. The van der Waals surface area contributed by atoms with E-state index in [0.717, 1.165) is 0 Å². The average Bonchev–Trinajstić information content (AvgIpc) is 2.41. The summed E-state index contributed by atoms with van der Waals surface area (Å²) in [5.41, 5.74) is 0.359. The molecule has 104 valence electrons. The summed E-state index contributed by atoms with van der Waals surface area (Å²) in [5, 5.41) is 20.3. The van der Waals surface area contributed by atoms with Crippen molar-refractivity contribution >= 4 is 21.6 Å². The molecule has 1 heterocycles. The van der Waals surface area contributed by atoms with Crippen LogP contribution in [0.15, 0.2) is 41.0 Å². The van der Waals surface area contributed by atoms with Crippen molar-refractivity contribution in [2.24, 2.45) is 0 Å². The van der Waals surface area contributed by atoms with Gasteiger partial charge in [-0.15, -0.1) is 0 Å². The summed E-state index contributed by atoms with van der Waals surface area (Å²) in [6, 6.07) is 7.77. The molecule has 0 radical (unpaired) electrons. The summed E-state index contributed by atoms with van der Waals surface area (Å²) in [6.45, 7) is 1.60. The Morgan fingerprint density at radius 1 is 1.40 bits per heavy atom. The van der Waals surface area contributed by atoms with E-state index in [1.165, 1.54) is 12.3 Å². The van der Waals surface area contributed by atoms with E-state index in [1.54, 1.807) is 31.2 Å². The van der Waals surface area contributed by atoms with Crippen LogP contribution in [0.2, 0.25) is 0 Å². The Labute approximate surface area is 123 Å². The molecule has 0 saturated carbocycles. The normalized spacial score (nSPS) is 11.9. The predicted molar refractivity (Wildman–Crippen MR) is 75.7 cm³/mol. The van der Waals surface area contributed by atoms with Gasteiger partial charge in [0.05, 0.1) is 27.4 Å². The molecule has 20 heavy (non-hydrogen) atoms. The molecule has 1 aromatic carbocycles. The summed E-state index contributed by atoms with van der Waals surface area (Å²) in [5.74, 6) is 0.466. The van der Waals surface area contributed by atoms with Gasteiger partial charge in [0.2, 0.25) is 5.75 Å². The Balaban J connectivity index is 2.32. The van der Waals surface area contributed by atoms with Crippen molar-refractivity contribution in [1.29, 1.82) is 0 Å². The molecule has 0 aliphatic carbocycles. The first kappa shape index (κ1) is 14.4. The molecule has 0 aliphatic heterocycles. The molecule has 0 fully saturated rings. The van der Waals surface area contributed by atoms with E-state index < -0.39 is 11.0 Å². The maximum atomic E-state index is 11.0. The van der Waals surface area contributed by atoms with Gasteiger partial charge in [-0.2, -0.15) is 0 Å². The number of para-hydroxylation sites is 1. The Kier molecular flexibility index (Phi) is 4.31. The lowest BCUT2D eigenvalue weighted by Crippen LogP contribution is -1.97. The highest BCUT2D eigenvalue weighted by molar-refractivity contribution is 9.10. The molecule has 1 atom stereocenters. The summed E-state index contributed by atoms with van der Waals surface area (Å²) in [6.07, 6.45) is 0.729. The van der Waals surface area contributed by atoms with Crippen molar-refractivity contribution in [2.75, 3.05) is 0 Å². The lowest BCUT2D eigenvalue weighted by atomic mass is 10.2. The van der Waals surface area contributed by atoms with Crippen LogP contribution < -0.4 is 4.74 Å². The van der Waals surface area contributed by atoms with Gasteiger partial charge in [0.1, 0.15) is 5.75 Å². The zero-order valence-corrected chi connectivity index (χ0v) is 12.1. The van der Waals surface area contributed by atoms with Crippen molar-refractivity contribution in [3.8, 4) is 11.5 Å². The first-order valence-electron chi connectivity index (χ1n) is 5.74. The average molecular weight is 339 g/mol. The van der Waals surface area contributed by atoms with Gasteiger partial charge in [-0.1, -0.05) is 6.07 Å². The van der Waals surface area contributed by atoms with Gasteiger partial charge >= 0.3 is 5.69 Å². The number of pyridine rings is 1. The van der Waals surface area contributed by atoms with Crippen molar-refractivity contribution in [3.05, 3.63) is 56.8 Å². The van der Waals surface area contributed by atoms with Crippen LogP contribution in [0.3, 0.4) is 0 Å². The predicted octanol–water partition coefficient (Wildman–Crippen LogP) is 3.60. The van der Waals surface area contributed by atoms with Crippen molar-refractivity contribution < 1.29 is 14.8 Å². The second-order valence-electron chi connectivity index (χ2n) is 4.04. The van der Waals surface area contributed by atoms with E-state index in [2.05, 4.69) is 20.9 Å². The number of nitrogens with zero attached hydrogens (tertiary/aromatic N) is 2. The second kappa shape index (κ2) is 5.98. The van der Waals surface area contributed by atoms with Gasteiger partial charge in [-0.05, 0) is 41.1 Å². The number of aromatic nitrogens is 1. The standard InChI is InChI=1S/C13H11BrN2O4/c1-8(17)11-6-5-9(7-15-11)20-13-10(14)3-2-4-12(13)16(18)19/h2-8,17H,1H3/t8-/m0/s1. The van der Waals surface area contributed by atoms with Crippen molar-refractivity contribution in [1.82, 2.24) is 4.98 Å². The molecule has 7 heteroatoms. The fourth-order valence-corrected chi connectivity index (χ4v) is 2.00. The number of aliphatic hydroxyl groups excluding tert-OH is 1. The highest BCUT2D eigenvalue weighted by Gasteiger charge is 2.18. The number of hydrogen-bond donors (Lipinski definition) is 1. The van der Waals surface area contributed by atoms with Gasteiger partial charge in [-0.3, -0.25) is 15.1 Å². The number of hydrogen-bond acceptors (Lipinski definition) is 5. The molecule has 0 bridgehead atoms. The molecule has 2 aromatic rings. The van der Waals surface area contributed by atoms with E-state index in [-0.39, 0.29) is 11.4 Å². The SMILES string of the molecule is C[C@H](O)c1ccc(Oc2c(Br)cccc2[N+](=O)[O-])cn1. The van der Waals surface area contributed by atoms with Crippen LogP contribution in [0.5, 0.6) is 11.5 Å². The number of benzene rings is 1. The zero-order valence-electron chi connectivity index (χ0n) is 10.5. The topological polar surface area (TPSA) is 85.5 Å². The van der Waals surface area contributed by atoms with Crippen LogP contribution in [-0.2, 0) is 0 Å². The first-order valence-corrected chi connectivity index (χ1v) is 6.53. The maximum Gasteiger partial charge on any atom is 0.312 e. The van der Waals surface area contributed by atoms with Gasteiger partial charge in [0.15, 0.2) is 0 Å². The molecule has 0 amide bonds. The molecule has 2 rings (SSSR count). The van der Waals surface area contributed by atoms with Crippen LogP contribution in [0.4, 0.5) is 5.69 Å². The van der Waals surface area contributed by atoms with Crippen LogP contribution >= 0.6 is 15.9 Å². The highest BCUT2D eigenvalue weighted by Crippen LogP contribution is 2.37. The molecule has 6 nitrogen and oxygen atoms in total. The Morgan fingerprint density at radius 3 is 2.70 bits per heavy atom. The minimum Gasteiger partial charge on any atom is -0.447 e. The third kappa shape index (κ3) is 3.12. The third-order valence-electron chi connectivity index (χ3n) is 2.55. The van der Waals surface area contributed by atoms with Crippen LogP contribution in [-0.4, -0.2) is 15.0 Å². The minimum absolute atomic E-state index is 0.115. The van der Waals surface area contributed by atoms with Crippen LogP contribution in [0.1, 0.15) is 18.7 Å². The summed E-state index contributed by atoms with van der Waals surface area (Å²) >= 11 is 3.22. The van der Waals surface area contributed by atoms with Gasteiger partial charge < -0.3 is 9.84 Å². The Hall–Kier alpha value is -1.99. The highest BCUT2D eigenvalue weighted by atomic mass is 79.9. The number of nitro groups is 1. The van der Waals surface area contributed by atoms with Gasteiger partial charge in [0, 0.05) is 6.07 Å². The minimum atomic E-state index is -0.679. The van der Waals surface area contributed by atoms with Crippen molar-refractivity contribution in [3.63, 3.8) is 0 Å². The number of rotatable bonds is 4. The first-order chi connectivity index (χ1) is 9.49. The zero-order chi connectivity index (χ0) is 14.7. The fourth-order valence-electron chi connectivity index (χ4n) is 1.56. The van der Waals surface area contributed by atoms with Gasteiger partial charge in [-0.25, -0.2) is 0 Å². The van der Waals surface area contributed by atoms with Crippen LogP contribution in [0.25, 0.3) is 0 Å². The molecule has 0 aliphatic rings. The quantitative estimate of drug-likeness (QED) is 0.679. The summed E-state index contributed by atoms with van der Waals surface area (Å²) in [7, 11) is 0. The molecular weight excluding hydrogens is 328 g/mol. The summed E-state index contributed by atoms with van der Waals surface area (Å²) in [4.78, 5) is 14.5.